The number of rotatable bonds is 4. The summed E-state index contributed by atoms with van der Waals surface area (Å²) >= 11 is 6.11. The van der Waals surface area contributed by atoms with E-state index in [-0.39, 0.29) is 18.4 Å². The van der Waals surface area contributed by atoms with Crippen LogP contribution in [0.4, 0.5) is 0 Å². The summed E-state index contributed by atoms with van der Waals surface area (Å²) in [6.45, 7) is 4.42. The summed E-state index contributed by atoms with van der Waals surface area (Å²) in [5.41, 5.74) is 2.14. The minimum absolute atomic E-state index is 0.0237. The zero-order chi connectivity index (χ0) is 15.4. The van der Waals surface area contributed by atoms with Crippen LogP contribution in [0.5, 0.6) is 5.75 Å². The summed E-state index contributed by atoms with van der Waals surface area (Å²) in [5.74, 6) is 0.171. The number of fused-ring (bicyclic) bond motifs is 1. The van der Waals surface area contributed by atoms with Gasteiger partial charge in [-0.3, -0.25) is 9.59 Å². The van der Waals surface area contributed by atoms with Crippen LogP contribution in [0.1, 0.15) is 11.1 Å². The molecule has 0 saturated carbocycles. The lowest BCUT2D eigenvalue weighted by molar-refractivity contribution is -0.132. The first kappa shape index (κ1) is 15.4. The van der Waals surface area contributed by atoms with Gasteiger partial charge in [0.1, 0.15) is 5.75 Å². The highest BCUT2D eigenvalue weighted by molar-refractivity contribution is 6.32. The van der Waals surface area contributed by atoms with E-state index in [1.54, 1.807) is 12.0 Å². The van der Waals surface area contributed by atoms with E-state index in [9.17, 15) is 9.59 Å². The molecule has 2 rings (SSSR count). The smallest absolute Gasteiger partial charge is 0.243 e. The second-order valence-corrected chi connectivity index (χ2v) is 5.15. The maximum Gasteiger partial charge on any atom is 0.243 e. The fourth-order valence-electron chi connectivity index (χ4n) is 2.27. The summed E-state index contributed by atoms with van der Waals surface area (Å²) < 4.78 is 5.19. The van der Waals surface area contributed by atoms with Gasteiger partial charge >= 0.3 is 0 Å². The van der Waals surface area contributed by atoms with Crippen LogP contribution < -0.4 is 10.1 Å². The SMILES string of the molecule is C=CC(=O)NCC(=O)N1CCc2cc(OC)c(Cl)cc2C1. The molecule has 0 atom stereocenters. The lowest BCUT2D eigenvalue weighted by Gasteiger charge is -2.29. The monoisotopic (exact) mass is 308 g/mol. The first-order chi connectivity index (χ1) is 10.0. The van der Waals surface area contributed by atoms with E-state index in [0.717, 1.165) is 23.6 Å². The molecule has 0 unspecified atom stereocenters. The number of carbonyl (C=O) groups excluding carboxylic acids is 2. The van der Waals surface area contributed by atoms with Gasteiger partial charge in [-0.05, 0) is 35.8 Å². The van der Waals surface area contributed by atoms with Gasteiger partial charge in [-0.15, -0.1) is 0 Å². The van der Waals surface area contributed by atoms with Gasteiger partial charge in [-0.1, -0.05) is 18.2 Å². The van der Waals surface area contributed by atoms with Crippen molar-refractivity contribution in [2.45, 2.75) is 13.0 Å². The normalized spacial score (nSPS) is 13.3. The molecule has 1 aromatic carbocycles. The van der Waals surface area contributed by atoms with Gasteiger partial charge < -0.3 is 15.0 Å². The molecule has 1 heterocycles. The van der Waals surface area contributed by atoms with Gasteiger partial charge in [0.15, 0.2) is 0 Å². The molecule has 5 nitrogen and oxygen atoms in total. The largest absolute Gasteiger partial charge is 0.495 e. The lowest BCUT2D eigenvalue weighted by Crippen LogP contribution is -2.42. The fourth-order valence-corrected chi connectivity index (χ4v) is 2.54. The molecule has 0 spiro atoms. The minimum Gasteiger partial charge on any atom is -0.495 e. The first-order valence-corrected chi connectivity index (χ1v) is 6.96. The average Bonchev–Trinajstić information content (AvgIpc) is 2.50. The third-order valence-corrected chi connectivity index (χ3v) is 3.73. The summed E-state index contributed by atoms with van der Waals surface area (Å²) in [5, 5.41) is 3.02. The summed E-state index contributed by atoms with van der Waals surface area (Å²) in [6.07, 6.45) is 1.88. The van der Waals surface area contributed by atoms with E-state index < -0.39 is 0 Å². The number of nitrogens with zero attached hydrogens (tertiary/aromatic N) is 1. The predicted octanol–water partition coefficient (Wildman–Crippen LogP) is 1.54. The molecule has 0 radical (unpaired) electrons. The molecule has 1 N–H and O–H groups in total. The molecular formula is C15H17ClN2O3. The van der Waals surface area contributed by atoms with Crippen molar-refractivity contribution in [1.29, 1.82) is 0 Å². The third kappa shape index (κ3) is 3.55. The highest BCUT2D eigenvalue weighted by Gasteiger charge is 2.22. The Kier molecular flexibility index (Phi) is 4.85. The van der Waals surface area contributed by atoms with Crippen LogP contribution in [0.3, 0.4) is 0 Å². The average molecular weight is 309 g/mol. The zero-order valence-electron chi connectivity index (χ0n) is 11.8. The molecule has 1 aliphatic heterocycles. The third-order valence-electron chi connectivity index (χ3n) is 3.44. The van der Waals surface area contributed by atoms with Crippen LogP contribution in [0.15, 0.2) is 24.8 Å². The second kappa shape index (κ2) is 6.63. The number of hydrogen-bond donors (Lipinski definition) is 1. The Morgan fingerprint density at radius 2 is 2.24 bits per heavy atom. The maximum atomic E-state index is 12.1. The Hall–Kier alpha value is -2.01. The molecule has 0 bridgehead atoms. The molecule has 21 heavy (non-hydrogen) atoms. The van der Waals surface area contributed by atoms with Crippen LogP contribution in [-0.2, 0) is 22.6 Å². The predicted molar refractivity (Wildman–Crippen MR) is 80.3 cm³/mol. The molecule has 1 aliphatic rings. The van der Waals surface area contributed by atoms with Gasteiger partial charge in [0.2, 0.25) is 11.8 Å². The number of methoxy groups -OCH3 is 1. The zero-order valence-corrected chi connectivity index (χ0v) is 12.6. The van der Waals surface area contributed by atoms with Gasteiger partial charge in [-0.25, -0.2) is 0 Å². The molecule has 0 fully saturated rings. The molecule has 0 aromatic heterocycles. The van der Waals surface area contributed by atoms with E-state index in [2.05, 4.69) is 11.9 Å². The van der Waals surface area contributed by atoms with Crippen LogP contribution in [0.25, 0.3) is 0 Å². The van der Waals surface area contributed by atoms with Crippen LogP contribution in [0.2, 0.25) is 5.02 Å². The second-order valence-electron chi connectivity index (χ2n) is 4.74. The van der Waals surface area contributed by atoms with E-state index in [0.29, 0.717) is 23.9 Å². The summed E-state index contributed by atoms with van der Waals surface area (Å²) in [6, 6.07) is 3.75. The maximum absolute atomic E-state index is 12.1. The van der Waals surface area contributed by atoms with Crippen molar-refractivity contribution in [1.82, 2.24) is 10.2 Å². The highest BCUT2D eigenvalue weighted by Crippen LogP contribution is 2.31. The molecule has 2 amide bonds. The van der Waals surface area contributed by atoms with Gasteiger partial charge in [-0.2, -0.15) is 0 Å². The van der Waals surface area contributed by atoms with E-state index >= 15 is 0 Å². The first-order valence-electron chi connectivity index (χ1n) is 6.58. The fraction of sp³-hybridized carbons (Fsp3) is 0.333. The van der Waals surface area contributed by atoms with E-state index in [1.807, 2.05) is 12.1 Å². The van der Waals surface area contributed by atoms with Crippen LogP contribution in [0, 0.1) is 0 Å². The number of amides is 2. The lowest BCUT2D eigenvalue weighted by atomic mass is 9.99. The molecular weight excluding hydrogens is 292 g/mol. The Balaban J connectivity index is 2.05. The molecule has 0 aliphatic carbocycles. The number of benzene rings is 1. The van der Waals surface area contributed by atoms with Crippen molar-refractivity contribution in [2.24, 2.45) is 0 Å². The van der Waals surface area contributed by atoms with Crippen molar-refractivity contribution >= 4 is 23.4 Å². The van der Waals surface area contributed by atoms with Gasteiger partial charge in [0, 0.05) is 13.1 Å². The van der Waals surface area contributed by atoms with Crippen molar-refractivity contribution < 1.29 is 14.3 Å². The number of halogens is 1. The molecule has 112 valence electrons. The van der Waals surface area contributed by atoms with Crippen LogP contribution >= 0.6 is 11.6 Å². The minimum atomic E-state index is -0.353. The van der Waals surface area contributed by atoms with Gasteiger partial charge in [0.05, 0.1) is 18.7 Å². The topological polar surface area (TPSA) is 58.6 Å². The molecule has 0 saturated heterocycles. The van der Waals surface area contributed by atoms with Gasteiger partial charge in [0.25, 0.3) is 0 Å². The standard InChI is InChI=1S/C15H17ClN2O3/c1-3-14(19)17-8-15(20)18-5-4-10-7-13(21-2)12(16)6-11(10)9-18/h3,6-7H,1,4-5,8-9H2,2H3,(H,17,19). The van der Waals surface area contributed by atoms with E-state index in [4.69, 9.17) is 16.3 Å². The Morgan fingerprint density at radius 1 is 1.48 bits per heavy atom. The Bertz CT molecular complexity index is 587. The number of ether oxygens (including phenoxy) is 1. The highest BCUT2D eigenvalue weighted by atomic mass is 35.5. The van der Waals surface area contributed by atoms with Crippen molar-refractivity contribution in [3.8, 4) is 5.75 Å². The molecule has 6 heteroatoms. The number of hydrogen-bond acceptors (Lipinski definition) is 3. The summed E-state index contributed by atoms with van der Waals surface area (Å²) in [4.78, 5) is 24.8. The van der Waals surface area contributed by atoms with Crippen molar-refractivity contribution in [3.63, 3.8) is 0 Å². The summed E-state index contributed by atoms with van der Waals surface area (Å²) in [7, 11) is 1.58. The van der Waals surface area contributed by atoms with Crippen LogP contribution in [-0.4, -0.2) is 36.9 Å². The van der Waals surface area contributed by atoms with E-state index in [1.165, 1.54) is 0 Å². The van der Waals surface area contributed by atoms with Crippen molar-refractivity contribution in [3.05, 3.63) is 40.9 Å². The Morgan fingerprint density at radius 3 is 2.90 bits per heavy atom. The molecule has 1 aromatic rings. The van der Waals surface area contributed by atoms with Crippen molar-refractivity contribution in [2.75, 3.05) is 20.2 Å². The Labute approximate surface area is 128 Å². The number of carbonyl (C=O) groups is 2. The quantitative estimate of drug-likeness (QED) is 0.858. The number of nitrogens with one attached hydrogen (secondary N) is 1.